The van der Waals surface area contributed by atoms with Crippen LogP contribution in [-0.4, -0.2) is 29.1 Å². The van der Waals surface area contributed by atoms with Gasteiger partial charge in [0, 0.05) is 18.2 Å². The second-order valence-electron chi connectivity index (χ2n) is 6.20. The first-order valence-electron chi connectivity index (χ1n) is 8.35. The lowest BCUT2D eigenvalue weighted by molar-refractivity contribution is 0.0716. The van der Waals surface area contributed by atoms with E-state index < -0.39 is 6.04 Å². The molecular formula is C20H16ClNO4. The maximum Gasteiger partial charge on any atom is 0.290 e. The van der Waals surface area contributed by atoms with Crippen molar-refractivity contribution < 1.29 is 14.3 Å². The summed E-state index contributed by atoms with van der Waals surface area (Å²) in [5, 5.41) is 10.2. The van der Waals surface area contributed by atoms with Gasteiger partial charge in [-0.3, -0.25) is 9.59 Å². The summed E-state index contributed by atoms with van der Waals surface area (Å²) in [6.07, 6.45) is 0.407. The molecule has 1 aliphatic rings. The molecular weight excluding hydrogens is 354 g/mol. The molecule has 6 heteroatoms. The third-order valence-electron chi connectivity index (χ3n) is 4.59. The largest absolute Gasteiger partial charge is 0.450 e. The van der Waals surface area contributed by atoms with Crippen molar-refractivity contribution in [3.8, 4) is 0 Å². The van der Waals surface area contributed by atoms with Crippen molar-refractivity contribution in [2.24, 2.45) is 0 Å². The van der Waals surface area contributed by atoms with Gasteiger partial charge in [-0.15, -0.1) is 0 Å². The first-order chi connectivity index (χ1) is 12.6. The number of para-hydroxylation sites is 1. The number of rotatable bonds is 4. The standard InChI is InChI=1S/C20H16ClNO4/c21-13-6-3-5-12(11-13)17-16-18(24)14-7-1-2-8-15(14)26-19(16)20(25)22(17)9-4-10-23/h1-3,5-8,11,17,23H,4,9-10H2/t17-/m1/s1. The van der Waals surface area contributed by atoms with Crippen LogP contribution in [0.1, 0.15) is 34.1 Å². The number of carbonyl (C=O) groups is 1. The van der Waals surface area contributed by atoms with Crippen molar-refractivity contribution in [1.82, 2.24) is 4.90 Å². The molecule has 0 radical (unpaired) electrons. The maximum atomic E-state index is 13.1. The van der Waals surface area contributed by atoms with Crippen LogP contribution in [0.5, 0.6) is 0 Å². The minimum atomic E-state index is -0.580. The molecule has 3 aromatic rings. The van der Waals surface area contributed by atoms with E-state index in [2.05, 4.69) is 0 Å². The minimum absolute atomic E-state index is 0.0499. The molecule has 26 heavy (non-hydrogen) atoms. The van der Waals surface area contributed by atoms with Crippen LogP contribution in [0.15, 0.2) is 57.7 Å². The van der Waals surface area contributed by atoms with Crippen molar-refractivity contribution in [1.29, 1.82) is 0 Å². The number of benzene rings is 2. The second kappa shape index (κ2) is 6.59. The van der Waals surface area contributed by atoms with E-state index >= 15 is 0 Å². The zero-order valence-electron chi connectivity index (χ0n) is 13.8. The quantitative estimate of drug-likeness (QED) is 0.765. The van der Waals surface area contributed by atoms with Gasteiger partial charge in [0.2, 0.25) is 5.76 Å². The Balaban J connectivity index is 1.97. The van der Waals surface area contributed by atoms with E-state index in [9.17, 15) is 14.7 Å². The summed E-state index contributed by atoms with van der Waals surface area (Å²) in [5.41, 5.74) is 1.24. The first kappa shape index (κ1) is 16.8. The van der Waals surface area contributed by atoms with Gasteiger partial charge >= 0.3 is 0 Å². The fourth-order valence-corrected chi connectivity index (χ4v) is 3.66. The third-order valence-corrected chi connectivity index (χ3v) is 4.83. The van der Waals surface area contributed by atoms with E-state index in [4.69, 9.17) is 16.0 Å². The van der Waals surface area contributed by atoms with Gasteiger partial charge in [-0.1, -0.05) is 35.9 Å². The van der Waals surface area contributed by atoms with Crippen molar-refractivity contribution in [2.75, 3.05) is 13.2 Å². The predicted molar refractivity (Wildman–Crippen MR) is 98.5 cm³/mol. The normalized spacial score (nSPS) is 16.3. The van der Waals surface area contributed by atoms with Crippen LogP contribution in [0.3, 0.4) is 0 Å². The Morgan fingerprint density at radius 2 is 1.92 bits per heavy atom. The van der Waals surface area contributed by atoms with E-state index in [1.165, 1.54) is 0 Å². The Labute approximate surface area is 154 Å². The molecule has 2 heterocycles. The lowest BCUT2D eigenvalue weighted by atomic mass is 9.98. The van der Waals surface area contributed by atoms with Crippen LogP contribution in [0.4, 0.5) is 0 Å². The molecule has 1 N–H and O–H groups in total. The van der Waals surface area contributed by atoms with Crippen molar-refractivity contribution >= 4 is 28.5 Å². The molecule has 0 fully saturated rings. The van der Waals surface area contributed by atoms with Crippen LogP contribution < -0.4 is 5.43 Å². The van der Waals surface area contributed by atoms with Gasteiger partial charge in [-0.25, -0.2) is 0 Å². The molecule has 1 amide bonds. The zero-order valence-corrected chi connectivity index (χ0v) is 14.6. The molecule has 2 aromatic carbocycles. The average molecular weight is 370 g/mol. The summed E-state index contributed by atoms with van der Waals surface area (Å²) in [6.45, 7) is 0.262. The van der Waals surface area contributed by atoms with Gasteiger partial charge in [-0.05, 0) is 36.2 Å². The first-order valence-corrected chi connectivity index (χ1v) is 8.72. The van der Waals surface area contributed by atoms with Gasteiger partial charge < -0.3 is 14.4 Å². The molecule has 132 valence electrons. The van der Waals surface area contributed by atoms with Crippen LogP contribution in [0.2, 0.25) is 5.02 Å². The number of halogens is 1. The van der Waals surface area contributed by atoms with Crippen LogP contribution in [0.25, 0.3) is 11.0 Å². The van der Waals surface area contributed by atoms with Crippen LogP contribution in [-0.2, 0) is 0 Å². The number of amides is 1. The Morgan fingerprint density at radius 3 is 2.69 bits per heavy atom. The molecule has 0 bridgehead atoms. The third kappa shape index (κ3) is 2.60. The number of carbonyl (C=O) groups excluding carboxylic acids is 1. The summed E-state index contributed by atoms with van der Waals surface area (Å²) >= 11 is 6.13. The number of fused-ring (bicyclic) bond motifs is 2. The zero-order chi connectivity index (χ0) is 18.3. The lowest BCUT2D eigenvalue weighted by Gasteiger charge is -2.25. The summed E-state index contributed by atoms with van der Waals surface area (Å²) in [7, 11) is 0. The van der Waals surface area contributed by atoms with Crippen molar-refractivity contribution in [2.45, 2.75) is 12.5 Å². The molecule has 0 saturated carbocycles. The molecule has 0 aliphatic carbocycles. The highest BCUT2D eigenvalue weighted by atomic mass is 35.5. The lowest BCUT2D eigenvalue weighted by Crippen LogP contribution is -2.31. The Bertz CT molecular complexity index is 1060. The van der Waals surface area contributed by atoms with Gasteiger partial charge in [0.25, 0.3) is 5.91 Å². The van der Waals surface area contributed by atoms with Gasteiger partial charge in [0.15, 0.2) is 5.43 Å². The Hall–Kier alpha value is -2.63. The highest BCUT2D eigenvalue weighted by Crippen LogP contribution is 2.38. The second-order valence-corrected chi connectivity index (χ2v) is 6.64. The summed E-state index contributed by atoms with van der Waals surface area (Å²) in [6, 6.07) is 13.4. The number of nitrogens with zero attached hydrogens (tertiary/aromatic N) is 1. The summed E-state index contributed by atoms with van der Waals surface area (Å²) < 4.78 is 5.80. The van der Waals surface area contributed by atoms with Gasteiger partial charge in [-0.2, -0.15) is 0 Å². The Morgan fingerprint density at radius 1 is 1.12 bits per heavy atom. The number of hydrogen-bond donors (Lipinski definition) is 1. The van der Waals surface area contributed by atoms with E-state index in [0.717, 1.165) is 5.56 Å². The molecule has 4 rings (SSSR count). The van der Waals surface area contributed by atoms with Crippen LogP contribution >= 0.6 is 11.6 Å². The summed E-state index contributed by atoms with van der Waals surface area (Å²) in [4.78, 5) is 27.6. The highest BCUT2D eigenvalue weighted by molar-refractivity contribution is 6.30. The van der Waals surface area contributed by atoms with Gasteiger partial charge in [0.05, 0.1) is 17.0 Å². The number of aliphatic hydroxyl groups excluding tert-OH is 1. The van der Waals surface area contributed by atoms with E-state index in [-0.39, 0.29) is 23.7 Å². The predicted octanol–water partition coefficient (Wildman–Crippen LogP) is 3.37. The Kier molecular flexibility index (Phi) is 4.26. The number of hydrogen-bond acceptors (Lipinski definition) is 4. The maximum absolute atomic E-state index is 13.1. The summed E-state index contributed by atoms with van der Waals surface area (Å²) in [5.74, 6) is -0.280. The van der Waals surface area contributed by atoms with Crippen LogP contribution in [0, 0.1) is 0 Å². The fraction of sp³-hybridized carbons (Fsp3) is 0.200. The van der Waals surface area contributed by atoms with E-state index in [0.29, 0.717) is 34.5 Å². The van der Waals surface area contributed by atoms with Gasteiger partial charge in [0.1, 0.15) is 5.58 Å². The SMILES string of the molecule is O=C1c2oc3ccccc3c(=O)c2[C@@H](c2cccc(Cl)c2)N1CCCO. The topological polar surface area (TPSA) is 70.8 Å². The molecule has 0 unspecified atom stereocenters. The van der Waals surface area contributed by atoms with E-state index in [1.54, 1.807) is 47.4 Å². The monoisotopic (exact) mass is 369 g/mol. The average Bonchev–Trinajstić information content (AvgIpc) is 2.93. The fourth-order valence-electron chi connectivity index (χ4n) is 3.46. The number of aliphatic hydroxyl groups is 1. The van der Waals surface area contributed by atoms with Crippen molar-refractivity contribution in [3.05, 3.63) is 80.7 Å². The van der Waals surface area contributed by atoms with E-state index in [1.807, 2.05) is 6.07 Å². The molecule has 1 aliphatic heterocycles. The minimum Gasteiger partial charge on any atom is -0.450 e. The smallest absolute Gasteiger partial charge is 0.290 e. The highest BCUT2D eigenvalue weighted by Gasteiger charge is 2.42. The van der Waals surface area contributed by atoms with Crippen molar-refractivity contribution in [3.63, 3.8) is 0 Å². The molecule has 1 aromatic heterocycles. The molecule has 0 saturated heterocycles. The molecule has 1 atom stereocenters. The molecule has 0 spiro atoms. The molecule has 5 nitrogen and oxygen atoms in total.